The number of hydrogen-bond donors (Lipinski definition) is 3. The molecule has 0 bridgehead atoms. The largest absolute Gasteiger partial charge is 0.481 e. The molecular formula is C24H27ClN6O3S. The molecule has 0 aliphatic carbocycles. The van der Waals surface area contributed by atoms with E-state index >= 15 is 0 Å². The van der Waals surface area contributed by atoms with E-state index in [0.29, 0.717) is 42.0 Å². The summed E-state index contributed by atoms with van der Waals surface area (Å²) in [5.74, 6) is 1.54. The molecule has 0 saturated carbocycles. The molecule has 0 aromatic carbocycles. The summed E-state index contributed by atoms with van der Waals surface area (Å²) in [6.45, 7) is 2.71. The summed E-state index contributed by atoms with van der Waals surface area (Å²) in [6.07, 6.45) is 2.68. The summed E-state index contributed by atoms with van der Waals surface area (Å²) in [6, 6.07) is 7.59. The summed E-state index contributed by atoms with van der Waals surface area (Å²) in [4.78, 5) is 28.3. The smallest absolute Gasteiger partial charge is 0.235 e. The molecule has 184 valence electrons. The van der Waals surface area contributed by atoms with E-state index in [1.54, 1.807) is 19.4 Å². The Bertz CT molecular complexity index is 1250. The number of piperidine rings is 1. The van der Waals surface area contributed by atoms with Gasteiger partial charge < -0.3 is 25.4 Å². The molecule has 0 unspecified atom stereocenters. The van der Waals surface area contributed by atoms with Crippen LogP contribution in [0.5, 0.6) is 5.88 Å². The Balaban J connectivity index is 1.16. The van der Waals surface area contributed by atoms with Gasteiger partial charge in [0.1, 0.15) is 5.82 Å². The normalized spacial score (nSPS) is 20.5. The Kier molecular flexibility index (Phi) is 7.35. The lowest BCUT2D eigenvalue weighted by Crippen LogP contribution is -2.52. The number of rotatable bonds is 7. The quantitative estimate of drug-likeness (QED) is 0.437. The first kappa shape index (κ1) is 24.2. The third kappa shape index (κ3) is 5.52. The second-order valence-electron chi connectivity index (χ2n) is 8.69. The maximum absolute atomic E-state index is 11.6. The van der Waals surface area contributed by atoms with Gasteiger partial charge in [-0.3, -0.25) is 9.78 Å². The molecule has 5 rings (SSSR count). The van der Waals surface area contributed by atoms with E-state index in [-0.39, 0.29) is 11.9 Å². The second-order valence-corrected chi connectivity index (χ2v) is 10.1. The van der Waals surface area contributed by atoms with Gasteiger partial charge in [-0.1, -0.05) is 11.6 Å². The number of fused-ring (bicyclic) bond motifs is 2. The number of halogens is 1. The number of nitrogens with one attached hydrogen (secondary N) is 2. The highest BCUT2D eigenvalue weighted by molar-refractivity contribution is 8.00. The van der Waals surface area contributed by atoms with Crippen LogP contribution in [0.15, 0.2) is 35.4 Å². The fourth-order valence-corrected chi connectivity index (χ4v) is 5.46. The Morgan fingerprint density at radius 3 is 3.03 bits per heavy atom. The van der Waals surface area contributed by atoms with Crippen molar-refractivity contribution in [2.75, 3.05) is 37.8 Å². The van der Waals surface area contributed by atoms with Crippen LogP contribution in [-0.4, -0.2) is 75.5 Å². The SMILES string of the molecule is COc1ccc2ncc(Cl)c(CCN3CC[C@@H](NCc4ccc5c(n4)NC(=O)CS5)[C@@H](O)C3)c2n1. The van der Waals surface area contributed by atoms with Crippen molar-refractivity contribution in [2.45, 2.75) is 36.4 Å². The molecule has 9 nitrogen and oxygen atoms in total. The number of nitrogens with zero attached hydrogens (tertiary/aromatic N) is 4. The zero-order valence-corrected chi connectivity index (χ0v) is 20.9. The van der Waals surface area contributed by atoms with E-state index in [1.807, 2.05) is 18.2 Å². The first-order valence-corrected chi connectivity index (χ1v) is 12.9. The van der Waals surface area contributed by atoms with Gasteiger partial charge in [-0.25, -0.2) is 9.97 Å². The maximum Gasteiger partial charge on any atom is 0.235 e. The average molecular weight is 515 g/mol. The third-order valence-corrected chi connectivity index (χ3v) is 7.74. The molecule has 5 heterocycles. The number of carbonyl (C=O) groups is 1. The summed E-state index contributed by atoms with van der Waals surface area (Å²) < 4.78 is 5.27. The number of amides is 1. The topological polar surface area (TPSA) is 112 Å². The molecule has 2 aliphatic rings. The van der Waals surface area contributed by atoms with Crippen LogP contribution in [0.2, 0.25) is 5.02 Å². The molecule has 3 N–H and O–H groups in total. The molecule has 3 aromatic rings. The van der Waals surface area contributed by atoms with Crippen molar-refractivity contribution >= 4 is 46.1 Å². The van der Waals surface area contributed by atoms with Crippen LogP contribution in [0.25, 0.3) is 11.0 Å². The number of carbonyl (C=O) groups excluding carboxylic acids is 1. The van der Waals surface area contributed by atoms with E-state index < -0.39 is 6.10 Å². The fraction of sp³-hybridized carbons (Fsp3) is 0.417. The van der Waals surface area contributed by atoms with Gasteiger partial charge in [0.25, 0.3) is 0 Å². The van der Waals surface area contributed by atoms with E-state index in [1.165, 1.54) is 11.8 Å². The van der Waals surface area contributed by atoms with Crippen molar-refractivity contribution in [3.8, 4) is 5.88 Å². The number of ether oxygens (including phenoxy) is 1. The number of hydrogen-bond acceptors (Lipinski definition) is 9. The van der Waals surface area contributed by atoms with Gasteiger partial charge in [0.15, 0.2) is 0 Å². The van der Waals surface area contributed by atoms with E-state index in [9.17, 15) is 9.90 Å². The number of aromatic nitrogens is 3. The first-order chi connectivity index (χ1) is 17.0. The number of anilines is 1. The van der Waals surface area contributed by atoms with Gasteiger partial charge >= 0.3 is 0 Å². The van der Waals surface area contributed by atoms with Crippen LogP contribution < -0.4 is 15.4 Å². The molecule has 11 heteroatoms. The van der Waals surface area contributed by atoms with Crippen LogP contribution in [0.4, 0.5) is 5.82 Å². The lowest BCUT2D eigenvalue weighted by Gasteiger charge is -2.36. The minimum atomic E-state index is -0.500. The van der Waals surface area contributed by atoms with Gasteiger partial charge in [-0.15, -0.1) is 11.8 Å². The summed E-state index contributed by atoms with van der Waals surface area (Å²) >= 11 is 7.96. The van der Waals surface area contributed by atoms with Crippen LogP contribution in [0, 0.1) is 0 Å². The zero-order chi connectivity index (χ0) is 24.4. The second kappa shape index (κ2) is 10.6. The van der Waals surface area contributed by atoms with Crippen LogP contribution in [0.1, 0.15) is 17.7 Å². The standard InChI is InChI=1S/C24H27ClN6O3S/c1-34-22-5-3-18-23(30-22)15(16(25)11-27-18)6-8-31-9-7-17(19(32)12-31)26-10-14-2-4-20-24(28-14)29-21(33)13-35-20/h2-5,11,17,19,26,32H,6-10,12-13H2,1H3,(H,28,29,33)/t17-,19+/m1/s1. The highest BCUT2D eigenvalue weighted by atomic mass is 35.5. The molecular weight excluding hydrogens is 488 g/mol. The van der Waals surface area contributed by atoms with Gasteiger partial charge in [0.05, 0.1) is 45.6 Å². The molecule has 2 atom stereocenters. The highest BCUT2D eigenvalue weighted by Gasteiger charge is 2.27. The highest BCUT2D eigenvalue weighted by Crippen LogP contribution is 2.30. The molecule has 1 fully saturated rings. The van der Waals surface area contributed by atoms with Crippen LogP contribution in [0.3, 0.4) is 0 Å². The average Bonchev–Trinajstić information content (AvgIpc) is 2.87. The molecule has 0 spiro atoms. The predicted molar refractivity (Wildman–Crippen MR) is 136 cm³/mol. The molecule has 3 aromatic heterocycles. The van der Waals surface area contributed by atoms with Crippen molar-refractivity contribution in [3.63, 3.8) is 0 Å². The van der Waals surface area contributed by atoms with Crippen molar-refractivity contribution in [2.24, 2.45) is 0 Å². The molecule has 0 radical (unpaired) electrons. The van der Waals surface area contributed by atoms with Crippen molar-refractivity contribution in [1.29, 1.82) is 0 Å². The predicted octanol–water partition coefficient (Wildman–Crippen LogP) is 2.50. The Hall–Kier alpha value is -2.50. The van der Waals surface area contributed by atoms with Gasteiger partial charge in [-0.05, 0) is 37.6 Å². The van der Waals surface area contributed by atoms with Crippen molar-refractivity contribution < 1.29 is 14.6 Å². The zero-order valence-electron chi connectivity index (χ0n) is 19.3. The Morgan fingerprint density at radius 2 is 2.20 bits per heavy atom. The van der Waals surface area contributed by atoms with E-state index in [0.717, 1.165) is 46.7 Å². The number of pyridine rings is 3. The number of thioether (sulfide) groups is 1. The lowest BCUT2D eigenvalue weighted by molar-refractivity contribution is -0.113. The summed E-state index contributed by atoms with van der Waals surface area (Å²) in [7, 11) is 1.59. The molecule has 1 amide bonds. The maximum atomic E-state index is 11.6. The number of likely N-dealkylation sites (tertiary alicyclic amines) is 1. The summed E-state index contributed by atoms with van der Waals surface area (Å²) in [5, 5.41) is 17.6. The first-order valence-electron chi connectivity index (χ1n) is 11.5. The van der Waals surface area contributed by atoms with Gasteiger partial charge in [-0.2, -0.15) is 0 Å². The number of aliphatic hydroxyl groups excluding tert-OH is 1. The minimum absolute atomic E-state index is 0.0238. The Labute approximate surface area is 212 Å². The number of aliphatic hydroxyl groups is 1. The van der Waals surface area contributed by atoms with Gasteiger partial charge in [0.2, 0.25) is 11.8 Å². The summed E-state index contributed by atoms with van der Waals surface area (Å²) in [5.41, 5.74) is 3.31. The number of β-amino-alcohol motifs (C(OH)–C–C–N with tert-alkyl or cyclic N) is 1. The van der Waals surface area contributed by atoms with Crippen molar-refractivity contribution in [3.05, 3.63) is 46.7 Å². The monoisotopic (exact) mass is 514 g/mol. The van der Waals surface area contributed by atoms with Crippen LogP contribution >= 0.6 is 23.4 Å². The Morgan fingerprint density at radius 1 is 1.31 bits per heavy atom. The van der Waals surface area contributed by atoms with E-state index in [4.69, 9.17) is 16.3 Å². The molecule has 1 saturated heterocycles. The van der Waals surface area contributed by atoms with Crippen molar-refractivity contribution in [1.82, 2.24) is 25.2 Å². The van der Waals surface area contributed by atoms with E-state index in [2.05, 4.69) is 30.5 Å². The fourth-order valence-electron chi connectivity index (χ4n) is 4.48. The third-order valence-electron chi connectivity index (χ3n) is 6.37. The molecule has 2 aliphatic heterocycles. The lowest BCUT2D eigenvalue weighted by atomic mass is 10.0. The number of methoxy groups -OCH3 is 1. The van der Waals surface area contributed by atoms with Gasteiger partial charge in [0, 0.05) is 43.5 Å². The molecule has 35 heavy (non-hydrogen) atoms. The minimum Gasteiger partial charge on any atom is -0.481 e. The van der Waals surface area contributed by atoms with Crippen LogP contribution in [-0.2, 0) is 17.8 Å².